The molecule has 0 aliphatic carbocycles. The lowest BCUT2D eigenvalue weighted by atomic mass is 10.1. The van der Waals surface area contributed by atoms with E-state index in [0.29, 0.717) is 6.42 Å². The zero-order chi connectivity index (χ0) is 11.4. The van der Waals surface area contributed by atoms with Gasteiger partial charge in [-0.15, -0.1) is 0 Å². The maximum atomic E-state index is 11.7. The monoisotopic (exact) mass is 205 g/mol. The van der Waals surface area contributed by atoms with Crippen LogP contribution in [-0.4, -0.2) is 12.5 Å². The van der Waals surface area contributed by atoms with Gasteiger partial charge in [0.2, 0.25) is 5.91 Å². The third kappa shape index (κ3) is 2.58. The Labute approximate surface area is 91.9 Å². The first-order chi connectivity index (χ1) is 7.10. The molecule has 0 N–H and O–H groups in total. The highest BCUT2D eigenvalue weighted by Crippen LogP contribution is 2.21. The molecule has 0 fully saturated rings. The van der Waals surface area contributed by atoms with E-state index >= 15 is 0 Å². The highest BCUT2D eigenvalue weighted by atomic mass is 16.2. The molecule has 15 heavy (non-hydrogen) atoms. The van der Waals surface area contributed by atoms with Crippen LogP contribution in [-0.2, 0) is 4.79 Å². The molecule has 0 aromatic heterocycles. The number of carbonyl (C=O) groups excluding carboxylic acids is 1. The molecule has 1 rings (SSSR count). The Balaban J connectivity index is 3.07. The number of nitrogens with zero attached hydrogens (tertiary/aromatic N) is 1. The molecule has 82 valence electrons. The Hall–Kier alpha value is -1.31. The van der Waals surface area contributed by atoms with E-state index in [-0.39, 0.29) is 5.91 Å². The van der Waals surface area contributed by atoms with E-state index in [1.165, 1.54) is 11.1 Å². The highest BCUT2D eigenvalue weighted by Gasteiger charge is 2.13. The molecule has 0 bridgehead atoms. The second-order valence-corrected chi connectivity index (χ2v) is 3.78. The molecule has 2 nitrogen and oxygen atoms in total. The third-order valence-electron chi connectivity index (χ3n) is 2.56. The summed E-state index contributed by atoms with van der Waals surface area (Å²) in [5, 5.41) is 0. The fraction of sp³-hybridized carbons (Fsp3) is 0.462. The summed E-state index contributed by atoms with van der Waals surface area (Å²) >= 11 is 0. The number of aryl methyl sites for hydroxylation is 2. The maximum absolute atomic E-state index is 11.7. The zero-order valence-electron chi connectivity index (χ0n) is 10.0. The number of hydrogen-bond acceptors (Lipinski definition) is 1. The molecule has 0 radical (unpaired) electrons. The first-order valence-corrected chi connectivity index (χ1v) is 5.47. The summed E-state index contributed by atoms with van der Waals surface area (Å²) in [5.41, 5.74) is 3.44. The number of rotatable bonds is 3. The van der Waals surface area contributed by atoms with E-state index in [1.807, 2.05) is 37.8 Å². The Morgan fingerprint density at radius 2 is 1.93 bits per heavy atom. The minimum atomic E-state index is 0.185. The molecule has 0 unspecified atom stereocenters. The summed E-state index contributed by atoms with van der Waals surface area (Å²) in [7, 11) is 0. The van der Waals surface area contributed by atoms with Crippen molar-refractivity contribution in [2.45, 2.75) is 34.1 Å². The summed E-state index contributed by atoms with van der Waals surface area (Å²) < 4.78 is 0. The third-order valence-corrected chi connectivity index (χ3v) is 2.56. The lowest BCUT2D eigenvalue weighted by molar-refractivity contribution is -0.118. The molecule has 1 amide bonds. The van der Waals surface area contributed by atoms with Gasteiger partial charge in [0, 0.05) is 18.7 Å². The average molecular weight is 205 g/mol. The van der Waals surface area contributed by atoms with E-state index in [0.717, 1.165) is 12.2 Å². The van der Waals surface area contributed by atoms with Gasteiger partial charge in [-0.05, 0) is 32.4 Å². The Morgan fingerprint density at radius 3 is 2.40 bits per heavy atom. The van der Waals surface area contributed by atoms with Gasteiger partial charge in [-0.3, -0.25) is 4.79 Å². The standard InChI is InChI=1S/C13H19NO/c1-5-13(15)14(6-2)12-8-7-10(3)9-11(12)4/h7-9H,5-6H2,1-4H3. The van der Waals surface area contributed by atoms with Crippen LogP contribution < -0.4 is 4.90 Å². The fourth-order valence-corrected chi connectivity index (χ4v) is 1.78. The van der Waals surface area contributed by atoms with Gasteiger partial charge in [0.25, 0.3) is 0 Å². The minimum absolute atomic E-state index is 0.185. The predicted molar refractivity (Wildman–Crippen MR) is 64.2 cm³/mol. The number of amides is 1. The lowest BCUT2D eigenvalue weighted by Crippen LogP contribution is -2.30. The van der Waals surface area contributed by atoms with Crippen molar-refractivity contribution in [2.24, 2.45) is 0 Å². The van der Waals surface area contributed by atoms with E-state index < -0.39 is 0 Å². The molecule has 1 aromatic rings. The molecule has 0 saturated carbocycles. The molecule has 1 aromatic carbocycles. The molecular formula is C13H19NO. The van der Waals surface area contributed by atoms with Gasteiger partial charge < -0.3 is 4.90 Å². The van der Waals surface area contributed by atoms with Crippen LogP contribution in [0.1, 0.15) is 31.4 Å². The van der Waals surface area contributed by atoms with Crippen molar-refractivity contribution in [1.82, 2.24) is 0 Å². The topological polar surface area (TPSA) is 20.3 Å². The fourth-order valence-electron chi connectivity index (χ4n) is 1.78. The van der Waals surface area contributed by atoms with Crippen molar-refractivity contribution in [1.29, 1.82) is 0 Å². The molecule has 2 heteroatoms. The van der Waals surface area contributed by atoms with Crippen molar-refractivity contribution in [3.05, 3.63) is 29.3 Å². The quantitative estimate of drug-likeness (QED) is 0.742. The van der Waals surface area contributed by atoms with Gasteiger partial charge in [0.15, 0.2) is 0 Å². The second kappa shape index (κ2) is 4.96. The SMILES string of the molecule is CCC(=O)N(CC)c1ccc(C)cc1C. The van der Waals surface area contributed by atoms with Crippen LogP contribution in [0.5, 0.6) is 0 Å². The molecule has 0 aliphatic rings. The summed E-state index contributed by atoms with van der Waals surface area (Å²) in [4.78, 5) is 13.5. The smallest absolute Gasteiger partial charge is 0.226 e. The first kappa shape index (κ1) is 11.8. The Morgan fingerprint density at radius 1 is 1.27 bits per heavy atom. The first-order valence-electron chi connectivity index (χ1n) is 5.47. The molecule has 0 atom stereocenters. The Bertz CT molecular complexity index is 358. The van der Waals surface area contributed by atoms with Crippen molar-refractivity contribution < 1.29 is 4.79 Å². The van der Waals surface area contributed by atoms with Crippen molar-refractivity contribution in [2.75, 3.05) is 11.4 Å². The van der Waals surface area contributed by atoms with Gasteiger partial charge >= 0.3 is 0 Å². The minimum Gasteiger partial charge on any atom is -0.312 e. The number of anilines is 1. The van der Waals surface area contributed by atoms with Gasteiger partial charge in [-0.2, -0.15) is 0 Å². The second-order valence-electron chi connectivity index (χ2n) is 3.78. The van der Waals surface area contributed by atoms with Crippen molar-refractivity contribution in [3.63, 3.8) is 0 Å². The van der Waals surface area contributed by atoms with Crippen molar-refractivity contribution in [3.8, 4) is 0 Å². The van der Waals surface area contributed by atoms with Crippen LogP contribution in [0.15, 0.2) is 18.2 Å². The summed E-state index contributed by atoms with van der Waals surface area (Å²) in [6.45, 7) is 8.75. The molecule has 0 aliphatic heterocycles. The van der Waals surface area contributed by atoms with Crippen LogP contribution in [0.4, 0.5) is 5.69 Å². The van der Waals surface area contributed by atoms with Crippen LogP contribution in [0.25, 0.3) is 0 Å². The van der Waals surface area contributed by atoms with Crippen LogP contribution >= 0.6 is 0 Å². The van der Waals surface area contributed by atoms with E-state index in [4.69, 9.17) is 0 Å². The molecule has 0 heterocycles. The Kier molecular flexibility index (Phi) is 3.89. The van der Waals surface area contributed by atoms with Gasteiger partial charge in [0.1, 0.15) is 0 Å². The van der Waals surface area contributed by atoms with E-state index in [1.54, 1.807) is 0 Å². The largest absolute Gasteiger partial charge is 0.312 e. The van der Waals surface area contributed by atoms with E-state index in [9.17, 15) is 4.79 Å². The zero-order valence-corrected chi connectivity index (χ0v) is 10.0. The number of hydrogen-bond donors (Lipinski definition) is 0. The molecule has 0 spiro atoms. The summed E-state index contributed by atoms with van der Waals surface area (Å²) in [6.07, 6.45) is 0.557. The maximum Gasteiger partial charge on any atom is 0.226 e. The van der Waals surface area contributed by atoms with Gasteiger partial charge in [-0.1, -0.05) is 24.6 Å². The number of benzene rings is 1. The van der Waals surface area contributed by atoms with E-state index in [2.05, 4.69) is 13.0 Å². The van der Waals surface area contributed by atoms with Gasteiger partial charge in [0.05, 0.1) is 0 Å². The van der Waals surface area contributed by atoms with Crippen LogP contribution in [0, 0.1) is 13.8 Å². The van der Waals surface area contributed by atoms with Crippen LogP contribution in [0.2, 0.25) is 0 Å². The van der Waals surface area contributed by atoms with Crippen molar-refractivity contribution >= 4 is 11.6 Å². The van der Waals surface area contributed by atoms with Gasteiger partial charge in [-0.25, -0.2) is 0 Å². The summed E-state index contributed by atoms with van der Waals surface area (Å²) in [6, 6.07) is 6.19. The lowest BCUT2D eigenvalue weighted by Gasteiger charge is -2.22. The number of carbonyl (C=O) groups is 1. The molecular weight excluding hydrogens is 186 g/mol. The summed E-state index contributed by atoms with van der Waals surface area (Å²) in [5.74, 6) is 0.185. The molecule has 0 saturated heterocycles. The average Bonchev–Trinajstić information content (AvgIpc) is 2.21. The highest BCUT2D eigenvalue weighted by molar-refractivity contribution is 5.93. The normalized spacial score (nSPS) is 10.1. The predicted octanol–water partition coefficient (Wildman–Crippen LogP) is 3.07. The van der Waals surface area contributed by atoms with Crippen LogP contribution in [0.3, 0.4) is 0 Å².